The molecule has 1 N–H and O–H groups in total. The fourth-order valence-electron chi connectivity index (χ4n) is 2.35. The molecule has 0 atom stereocenters. The first-order valence-corrected chi connectivity index (χ1v) is 8.14. The predicted molar refractivity (Wildman–Crippen MR) is 93.9 cm³/mol. The molecule has 0 unspecified atom stereocenters. The highest BCUT2D eigenvalue weighted by atomic mass is 35.5. The van der Waals surface area contributed by atoms with Gasteiger partial charge < -0.3 is 5.32 Å². The van der Waals surface area contributed by atoms with Gasteiger partial charge in [-0.25, -0.2) is 4.39 Å². The van der Waals surface area contributed by atoms with Crippen LogP contribution in [-0.2, 0) is 0 Å². The summed E-state index contributed by atoms with van der Waals surface area (Å²) < 4.78 is 14.5. The van der Waals surface area contributed by atoms with Gasteiger partial charge in [-0.05, 0) is 23.6 Å². The van der Waals surface area contributed by atoms with Gasteiger partial charge in [-0.3, -0.25) is 0 Å². The van der Waals surface area contributed by atoms with Gasteiger partial charge >= 0.3 is 0 Å². The molecular formula is C18H9ClFN3S. The minimum Gasteiger partial charge on any atom is -0.354 e. The van der Waals surface area contributed by atoms with E-state index in [4.69, 9.17) is 11.6 Å². The molecule has 0 bridgehead atoms. The van der Waals surface area contributed by atoms with Gasteiger partial charge in [0.05, 0.1) is 16.3 Å². The summed E-state index contributed by atoms with van der Waals surface area (Å²) >= 11 is 7.57. The van der Waals surface area contributed by atoms with Crippen molar-refractivity contribution < 1.29 is 4.39 Å². The Morgan fingerprint density at radius 3 is 2.29 bits per heavy atom. The molecule has 0 fully saturated rings. The lowest BCUT2D eigenvalue weighted by Gasteiger charge is -2.16. The van der Waals surface area contributed by atoms with Gasteiger partial charge in [-0.15, -0.1) is 11.3 Å². The number of hydrogen-bond donors (Lipinski definition) is 1. The summed E-state index contributed by atoms with van der Waals surface area (Å²) in [4.78, 5) is 0.707. The minimum atomic E-state index is -0.877. The lowest BCUT2D eigenvalue weighted by molar-refractivity contribution is 0.624. The van der Waals surface area contributed by atoms with Crippen molar-refractivity contribution in [2.45, 2.75) is 0 Å². The zero-order valence-corrected chi connectivity index (χ0v) is 13.7. The van der Waals surface area contributed by atoms with Crippen LogP contribution < -0.4 is 5.32 Å². The van der Waals surface area contributed by atoms with Crippen molar-refractivity contribution in [3.05, 3.63) is 69.8 Å². The summed E-state index contributed by atoms with van der Waals surface area (Å²) in [6.45, 7) is 0. The van der Waals surface area contributed by atoms with Crippen LogP contribution in [0, 0.1) is 28.5 Å². The van der Waals surface area contributed by atoms with E-state index in [9.17, 15) is 14.9 Å². The van der Waals surface area contributed by atoms with Gasteiger partial charge in [-0.2, -0.15) is 10.5 Å². The number of para-hydroxylation sites is 1. The van der Waals surface area contributed by atoms with E-state index in [1.54, 1.807) is 12.1 Å². The molecule has 1 aromatic heterocycles. The molecule has 0 aliphatic rings. The topological polar surface area (TPSA) is 59.6 Å². The second kappa shape index (κ2) is 6.72. The third kappa shape index (κ3) is 2.72. The molecule has 6 heteroatoms. The maximum Gasteiger partial charge on any atom is 0.161 e. The number of nitriles is 2. The normalized spacial score (nSPS) is 10.0. The fraction of sp³-hybridized carbons (Fsp3) is 0. The lowest BCUT2D eigenvalue weighted by Crippen LogP contribution is -2.03. The number of hydrogen-bond acceptors (Lipinski definition) is 4. The second-order valence-electron chi connectivity index (χ2n) is 4.82. The first-order chi connectivity index (χ1) is 11.7. The molecule has 1 heterocycles. The zero-order valence-electron chi connectivity index (χ0n) is 12.2. The van der Waals surface area contributed by atoms with Crippen molar-refractivity contribution in [2.75, 3.05) is 5.32 Å². The molecule has 0 aliphatic heterocycles. The monoisotopic (exact) mass is 353 g/mol. The van der Waals surface area contributed by atoms with Crippen molar-refractivity contribution in [1.29, 1.82) is 10.5 Å². The average Bonchev–Trinajstić information content (AvgIpc) is 3.13. The average molecular weight is 354 g/mol. The Hall–Kier alpha value is -2.86. The van der Waals surface area contributed by atoms with Gasteiger partial charge in [-0.1, -0.05) is 35.9 Å². The zero-order chi connectivity index (χ0) is 17.1. The Labute approximate surface area is 147 Å². The van der Waals surface area contributed by atoms with Crippen molar-refractivity contribution >= 4 is 34.3 Å². The quantitative estimate of drug-likeness (QED) is 0.657. The summed E-state index contributed by atoms with van der Waals surface area (Å²) in [6, 6.07) is 16.4. The molecule has 2 aromatic carbocycles. The Kier molecular flexibility index (Phi) is 4.48. The van der Waals surface area contributed by atoms with Gasteiger partial charge in [0.15, 0.2) is 5.82 Å². The SMILES string of the molecule is N#Cc1c(F)c(Cl)c(-c2cccs2)c(Nc2ccccc2)c1C#N. The first kappa shape index (κ1) is 16.0. The molecule has 3 nitrogen and oxygen atoms in total. The Balaban J connectivity index is 2.34. The van der Waals surface area contributed by atoms with Crippen LogP contribution >= 0.6 is 22.9 Å². The molecule has 0 amide bonds. The van der Waals surface area contributed by atoms with Crippen molar-refractivity contribution in [3.8, 4) is 22.6 Å². The number of rotatable bonds is 3. The van der Waals surface area contributed by atoms with Gasteiger partial charge in [0.2, 0.25) is 0 Å². The molecule has 0 radical (unpaired) electrons. The molecule has 116 valence electrons. The number of nitrogens with one attached hydrogen (secondary N) is 1. The maximum absolute atomic E-state index is 14.5. The van der Waals surface area contributed by atoms with Gasteiger partial charge in [0.25, 0.3) is 0 Å². The van der Waals surface area contributed by atoms with Crippen LogP contribution in [0.3, 0.4) is 0 Å². The molecule has 0 aliphatic carbocycles. The van der Waals surface area contributed by atoms with Crippen LogP contribution in [0.1, 0.15) is 11.1 Å². The molecule has 0 saturated heterocycles. The van der Waals surface area contributed by atoms with E-state index >= 15 is 0 Å². The molecule has 3 aromatic rings. The highest BCUT2D eigenvalue weighted by Crippen LogP contribution is 2.43. The van der Waals surface area contributed by atoms with Crippen LogP contribution in [0.5, 0.6) is 0 Å². The molecule has 0 spiro atoms. The van der Waals surface area contributed by atoms with Gasteiger partial charge in [0, 0.05) is 16.1 Å². The molecule has 3 rings (SSSR count). The van der Waals surface area contributed by atoms with E-state index in [1.807, 2.05) is 47.8 Å². The summed E-state index contributed by atoms with van der Waals surface area (Å²) in [7, 11) is 0. The highest BCUT2D eigenvalue weighted by Gasteiger charge is 2.25. The van der Waals surface area contributed by atoms with Crippen LogP contribution in [0.4, 0.5) is 15.8 Å². The molecular weight excluding hydrogens is 345 g/mol. The summed E-state index contributed by atoms with van der Waals surface area (Å²) in [5.74, 6) is -0.877. The summed E-state index contributed by atoms with van der Waals surface area (Å²) in [5.41, 5.74) is 0.990. The lowest BCUT2D eigenvalue weighted by atomic mass is 9.99. The smallest absolute Gasteiger partial charge is 0.161 e. The number of anilines is 2. The third-order valence-corrected chi connectivity index (χ3v) is 4.66. The largest absolute Gasteiger partial charge is 0.354 e. The summed E-state index contributed by atoms with van der Waals surface area (Å²) in [6.07, 6.45) is 0. The number of nitrogens with zero attached hydrogens (tertiary/aromatic N) is 2. The third-order valence-electron chi connectivity index (χ3n) is 3.42. The standard InChI is InChI=1S/C18H9ClFN3S/c19-16-15(14-7-4-8-24-14)18(23-11-5-2-1-3-6-11)13(10-22)12(9-21)17(16)20/h1-8,23H. The van der Waals surface area contributed by atoms with Crippen molar-refractivity contribution in [2.24, 2.45) is 0 Å². The van der Waals surface area contributed by atoms with E-state index in [0.29, 0.717) is 21.8 Å². The second-order valence-corrected chi connectivity index (χ2v) is 6.15. The maximum atomic E-state index is 14.5. The number of benzene rings is 2. The highest BCUT2D eigenvalue weighted by molar-refractivity contribution is 7.13. The van der Waals surface area contributed by atoms with Crippen LogP contribution in [0.15, 0.2) is 47.8 Å². The fourth-order valence-corrected chi connectivity index (χ4v) is 3.48. The van der Waals surface area contributed by atoms with Crippen LogP contribution in [0.25, 0.3) is 10.4 Å². The first-order valence-electron chi connectivity index (χ1n) is 6.88. The predicted octanol–water partition coefficient (Wildman–Crippen LogP) is 5.69. The van der Waals surface area contributed by atoms with E-state index in [1.165, 1.54) is 11.3 Å². The number of halogens is 2. The summed E-state index contributed by atoms with van der Waals surface area (Å²) in [5, 5.41) is 23.5. The van der Waals surface area contributed by atoms with Crippen molar-refractivity contribution in [1.82, 2.24) is 0 Å². The molecule has 0 saturated carbocycles. The van der Waals surface area contributed by atoms with E-state index in [2.05, 4.69) is 5.32 Å². The van der Waals surface area contributed by atoms with Gasteiger partial charge in [0.1, 0.15) is 17.7 Å². The Morgan fingerprint density at radius 2 is 1.71 bits per heavy atom. The Bertz CT molecular complexity index is 970. The van der Waals surface area contributed by atoms with E-state index < -0.39 is 5.82 Å². The Morgan fingerprint density at radius 1 is 1.00 bits per heavy atom. The molecule has 24 heavy (non-hydrogen) atoms. The van der Waals surface area contributed by atoms with Crippen molar-refractivity contribution in [3.63, 3.8) is 0 Å². The number of thiophene rings is 1. The van der Waals surface area contributed by atoms with Crippen LogP contribution in [0.2, 0.25) is 5.02 Å². The minimum absolute atomic E-state index is 0.0633. The van der Waals surface area contributed by atoms with E-state index in [-0.39, 0.29) is 16.1 Å². The van der Waals surface area contributed by atoms with E-state index in [0.717, 1.165) is 0 Å². The van der Waals surface area contributed by atoms with Crippen LogP contribution in [-0.4, -0.2) is 0 Å².